The Morgan fingerprint density at radius 1 is 1.06 bits per heavy atom. The lowest BCUT2D eigenvalue weighted by Gasteiger charge is -2.43. The number of rotatable bonds is 2. The highest BCUT2D eigenvalue weighted by Crippen LogP contribution is 2.40. The van der Waals surface area contributed by atoms with Crippen LogP contribution in [-0.2, 0) is 4.79 Å². The maximum absolute atomic E-state index is 13.2. The average molecular weight is 448 g/mol. The highest BCUT2D eigenvalue weighted by Gasteiger charge is 2.34. The third-order valence-electron chi connectivity index (χ3n) is 7.15. The summed E-state index contributed by atoms with van der Waals surface area (Å²) in [6.45, 7) is 6.42. The molecule has 2 aliphatic heterocycles. The van der Waals surface area contributed by atoms with Gasteiger partial charge in [-0.3, -0.25) is 4.79 Å². The van der Waals surface area contributed by atoms with Crippen molar-refractivity contribution in [3.8, 4) is 17.2 Å². The Balaban J connectivity index is 1.45. The molecule has 0 bridgehead atoms. The second kappa shape index (κ2) is 9.08. The van der Waals surface area contributed by atoms with Crippen LogP contribution < -0.4 is 9.47 Å². The standard InChI is InChI=1S/C27H33N3O3/c1-18-9-11-23-25(15-18)33-24-12-10-21(32-3)16-22(24)26(28-23)29-13-14-30(19(2)17-29)27(31)20-7-5-4-6-8-20/h9-12,15-16,19-20H,4-8,13-14,17H2,1-3H3. The summed E-state index contributed by atoms with van der Waals surface area (Å²) >= 11 is 0. The van der Waals surface area contributed by atoms with E-state index in [0.29, 0.717) is 5.91 Å². The number of fused-ring (bicyclic) bond motifs is 2. The Morgan fingerprint density at radius 3 is 2.64 bits per heavy atom. The molecule has 0 spiro atoms. The number of aryl methyl sites for hydroxylation is 1. The van der Waals surface area contributed by atoms with E-state index in [4.69, 9.17) is 14.5 Å². The van der Waals surface area contributed by atoms with Crippen molar-refractivity contribution in [3.63, 3.8) is 0 Å². The summed E-state index contributed by atoms with van der Waals surface area (Å²) in [4.78, 5) is 22.7. The van der Waals surface area contributed by atoms with Gasteiger partial charge in [-0.1, -0.05) is 25.3 Å². The van der Waals surface area contributed by atoms with Crippen LogP contribution in [-0.4, -0.2) is 54.3 Å². The molecule has 0 N–H and O–H groups in total. The fraction of sp³-hybridized carbons (Fsp3) is 0.481. The van der Waals surface area contributed by atoms with Crippen molar-refractivity contribution in [2.75, 3.05) is 26.7 Å². The van der Waals surface area contributed by atoms with Gasteiger partial charge in [0.2, 0.25) is 5.91 Å². The quantitative estimate of drug-likeness (QED) is 0.627. The maximum Gasteiger partial charge on any atom is 0.226 e. The smallest absolute Gasteiger partial charge is 0.226 e. The van der Waals surface area contributed by atoms with E-state index in [2.05, 4.69) is 29.7 Å². The fourth-order valence-electron chi connectivity index (χ4n) is 5.29. The number of amidine groups is 1. The molecular formula is C27H33N3O3. The van der Waals surface area contributed by atoms with Gasteiger partial charge >= 0.3 is 0 Å². The van der Waals surface area contributed by atoms with Crippen LogP contribution in [0.1, 0.15) is 50.2 Å². The molecule has 2 fully saturated rings. The van der Waals surface area contributed by atoms with Gasteiger partial charge in [0.15, 0.2) is 5.75 Å². The zero-order valence-corrected chi connectivity index (χ0v) is 19.8. The molecule has 33 heavy (non-hydrogen) atoms. The first kappa shape index (κ1) is 21.8. The number of aliphatic imine (C=N–C) groups is 1. The molecule has 1 saturated carbocycles. The predicted octanol–water partition coefficient (Wildman–Crippen LogP) is 5.30. The molecule has 1 atom stereocenters. The molecule has 0 aromatic heterocycles. The molecule has 2 aromatic carbocycles. The number of nitrogens with zero attached hydrogens (tertiary/aromatic N) is 3. The van der Waals surface area contributed by atoms with Crippen LogP contribution in [0.3, 0.4) is 0 Å². The van der Waals surface area contributed by atoms with Crippen LogP contribution in [0.25, 0.3) is 0 Å². The molecule has 6 nitrogen and oxygen atoms in total. The lowest BCUT2D eigenvalue weighted by atomic mass is 9.87. The summed E-state index contributed by atoms with van der Waals surface area (Å²) in [7, 11) is 1.67. The van der Waals surface area contributed by atoms with Crippen LogP contribution in [0.5, 0.6) is 17.2 Å². The first-order valence-corrected chi connectivity index (χ1v) is 12.1. The minimum absolute atomic E-state index is 0.131. The zero-order valence-electron chi connectivity index (χ0n) is 19.8. The van der Waals surface area contributed by atoms with Crippen LogP contribution in [0, 0.1) is 12.8 Å². The maximum atomic E-state index is 13.2. The summed E-state index contributed by atoms with van der Waals surface area (Å²) in [5.74, 6) is 3.73. The van der Waals surface area contributed by atoms with E-state index in [-0.39, 0.29) is 12.0 Å². The number of methoxy groups -OCH3 is 1. The van der Waals surface area contributed by atoms with Gasteiger partial charge in [0.1, 0.15) is 23.0 Å². The van der Waals surface area contributed by atoms with E-state index in [0.717, 1.165) is 72.4 Å². The van der Waals surface area contributed by atoms with E-state index in [1.54, 1.807) is 7.11 Å². The van der Waals surface area contributed by atoms with Crippen molar-refractivity contribution in [3.05, 3.63) is 47.5 Å². The van der Waals surface area contributed by atoms with Gasteiger partial charge < -0.3 is 19.3 Å². The summed E-state index contributed by atoms with van der Waals surface area (Å²) in [6, 6.07) is 12.1. The largest absolute Gasteiger partial charge is 0.497 e. The third-order valence-corrected chi connectivity index (χ3v) is 7.15. The molecule has 1 saturated heterocycles. The van der Waals surface area contributed by atoms with Crippen LogP contribution in [0.15, 0.2) is 41.4 Å². The third kappa shape index (κ3) is 4.31. The minimum atomic E-state index is 0.131. The molecule has 174 valence electrons. The minimum Gasteiger partial charge on any atom is -0.497 e. The summed E-state index contributed by atoms with van der Waals surface area (Å²) in [5, 5.41) is 0. The summed E-state index contributed by atoms with van der Waals surface area (Å²) in [6.07, 6.45) is 5.70. The highest BCUT2D eigenvalue weighted by atomic mass is 16.5. The van der Waals surface area contributed by atoms with E-state index in [1.807, 2.05) is 30.3 Å². The molecule has 1 unspecified atom stereocenters. The number of hydrogen-bond donors (Lipinski definition) is 0. The molecular weight excluding hydrogens is 414 g/mol. The van der Waals surface area contributed by atoms with Gasteiger partial charge in [0, 0.05) is 31.6 Å². The van der Waals surface area contributed by atoms with Crippen LogP contribution >= 0.6 is 0 Å². The second-order valence-electron chi connectivity index (χ2n) is 9.53. The van der Waals surface area contributed by atoms with Crippen molar-refractivity contribution in [1.82, 2.24) is 9.80 Å². The van der Waals surface area contributed by atoms with Gasteiger partial charge in [0.25, 0.3) is 0 Å². The summed E-state index contributed by atoms with van der Waals surface area (Å²) in [5.41, 5.74) is 2.87. The van der Waals surface area contributed by atoms with Gasteiger partial charge in [-0.2, -0.15) is 0 Å². The number of ether oxygens (including phenoxy) is 2. The topological polar surface area (TPSA) is 54.4 Å². The number of carbonyl (C=O) groups is 1. The van der Waals surface area contributed by atoms with E-state index in [1.165, 1.54) is 19.3 Å². The number of piperazine rings is 1. The van der Waals surface area contributed by atoms with Crippen molar-refractivity contribution >= 4 is 17.4 Å². The highest BCUT2D eigenvalue weighted by molar-refractivity contribution is 6.04. The zero-order chi connectivity index (χ0) is 22.9. The van der Waals surface area contributed by atoms with Gasteiger partial charge in [-0.15, -0.1) is 0 Å². The van der Waals surface area contributed by atoms with Gasteiger partial charge in [-0.05, 0) is 62.6 Å². The lowest BCUT2D eigenvalue weighted by molar-refractivity contribution is -0.140. The Hall–Kier alpha value is -3.02. The van der Waals surface area contributed by atoms with Gasteiger partial charge in [-0.25, -0.2) is 4.99 Å². The van der Waals surface area contributed by atoms with Crippen molar-refractivity contribution < 1.29 is 14.3 Å². The normalized spacial score (nSPS) is 20.8. The van der Waals surface area contributed by atoms with Crippen LogP contribution in [0.4, 0.5) is 5.69 Å². The first-order chi connectivity index (χ1) is 16.0. The van der Waals surface area contributed by atoms with Crippen molar-refractivity contribution in [2.24, 2.45) is 10.9 Å². The first-order valence-electron chi connectivity index (χ1n) is 12.1. The molecule has 5 rings (SSSR count). The molecule has 1 amide bonds. The number of hydrogen-bond acceptors (Lipinski definition) is 5. The van der Waals surface area contributed by atoms with Crippen molar-refractivity contribution in [1.29, 1.82) is 0 Å². The Bertz CT molecular complexity index is 1070. The average Bonchev–Trinajstić information content (AvgIpc) is 3.00. The molecule has 0 radical (unpaired) electrons. The Kier molecular flexibility index (Phi) is 6.00. The molecule has 3 aliphatic rings. The van der Waals surface area contributed by atoms with E-state index >= 15 is 0 Å². The number of benzene rings is 2. The molecule has 1 aliphatic carbocycles. The second-order valence-corrected chi connectivity index (χ2v) is 9.53. The Morgan fingerprint density at radius 2 is 1.88 bits per heavy atom. The van der Waals surface area contributed by atoms with Crippen LogP contribution in [0.2, 0.25) is 0 Å². The predicted molar refractivity (Wildman–Crippen MR) is 130 cm³/mol. The molecule has 2 heterocycles. The van der Waals surface area contributed by atoms with Gasteiger partial charge in [0.05, 0.1) is 12.7 Å². The molecule has 2 aromatic rings. The Labute approximate surface area is 196 Å². The van der Waals surface area contributed by atoms with E-state index in [9.17, 15) is 4.79 Å². The molecule has 6 heteroatoms. The number of amides is 1. The SMILES string of the molecule is COc1ccc2c(c1)C(N1CCN(C(=O)C3CCCCC3)C(C)C1)=Nc1ccc(C)cc1O2. The van der Waals surface area contributed by atoms with Crippen molar-refractivity contribution in [2.45, 2.75) is 52.0 Å². The lowest BCUT2D eigenvalue weighted by Crippen LogP contribution is -2.56. The fourth-order valence-corrected chi connectivity index (χ4v) is 5.29. The monoisotopic (exact) mass is 447 g/mol. The van der Waals surface area contributed by atoms with E-state index < -0.39 is 0 Å². The summed E-state index contributed by atoms with van der Waals surface area (Å²) < 4.78 is 11.8. The number of carbonyl (C=O) groups excluding carboxylic acids is 1.